The number of fused-ring (bicyclic) bond motifs is 1. The molecule has 5 nitrogen and oxygen atoms in total. The second-order valence-electron chi connectivity index (χ2n) is 8.40. The minimum Gasteiger partial charge on any atom is -0.452 e. The van der Waals surface area contributed by atoms with E-state index in [-0.39, 0.29) is 17.9 Å². The van der Waals surface area contributed by atoms with E-state index < -0.39 is 36.1 Å². The SMILES string of the molecule is C[C@@]1(c2cc(CC(=O)N3CCc4ccccc4C3)ccc2F)C[C@@H](C(F)(F)F)OC(N)=N1. The smallest absolute Gasteiger partial charge is 0.425 e. The molecular formula is C23H23F4N3O2. The molecule has 0 saturated carbocycles. The molecule has 2 N–H and O–H groups in total. The Morgan fingerprint density at radius 3 is 2.69 bits per heavy atom. The molecular weight excluding hydrogens is 426 g/mol. The summed E-state index contributed by atoms with van der Waals surface area (Å²) in [5.41, 5.74) is 6.66. The van der Waals surface area contributed by atoms with Crippen LogP contribution in [0.5, 0.6) is 0 Å². The fraction of sp³-hybridized carbons (Fsp3) is 0.391. The van der Waals surface area contributed by atoms with E-state index in [9.17, 15) is 22.4 Å². The van der Waals surface area contributed by atoms with Crippen LogP contribution in [0.15, 0.2) is 47.5 Å². The van der Waals surface area contributed by atoms with E-state index in [2.05, 4.69) is 9.73 Å². The van der Waals surface area contributed by atoms with E-state index in [4.69, 9.17) is 5.73 Å². The molecule has 32 heavy (non-hydrogen) atoms. The van der Waals surface area contributed by atoms with Crippen LogP contribution in [0.25, 0.3) is 0 Å². The fourth-order valence-corrected chi connectivity index (χ4v) is 4.31. The molecule has 0 fully saturated rings. The maximum absolute atomic E-state index is 14.7. The second kappa shape index (κ2) is 8.11. The van der Waals surface area contributed by atoms with Crippen LogP contribution in [0.1, 0.15) is 35.6 Å². The zero-order chi connectivity index (χ0) is 23.1. The van der Waals surface area contributed by atoms with E-state index in [1.807, 2.05) is 24.3 Å². The summed E-state index contributed by atoms with van der Waals surface area (Å²) >= 11 is 0. The molecule has 0 bridgehead atoms. The highest BCUT2D eigenvalue weighted by molar-refractivity contribution is 5.79. The molecule has 9 heteroatoms. The minimum atomic E-state index is -4.67. The number of nitrogens with zero attached hydrogens (tertiary/aromatic N) is 2. The number of hydrogen-bond acceptors (Lipinski definition) is 4. The van der Waals surface area contributed by atoms with Crippen molar-refractivity contribution in [1.29, 1.82) is 0 Å². The quantitative estimate of drug-likeness (QED) is 0.725. The Balaban J connectivity index is 1.55. The van der Waals surface area contributed by atoms with Crippen molar-refractivity contribution in [3.05, 3.63) is 70.5 Å². The van der Waals surface area contributed by atoms with Gasteiger partial charge in [-0.3, -0.25) is 4.79 Å². The first-order valence-corrected chi connectivity index (χ1v) is 10.3. The number of aliphatic imine (C=N–C) groups is 1. The maximum Gasteiger partial charge on any atom is 0.425 e. The summed E-state index contributed by atoms with van der Waals surface area (Å²) in [7, 11) is 0. The number of carbonyl (C=O) groups is 1. The predicted octanol–water partition coefficient (Wildman–Crippen LogP) is 3.83. The number of rotatable bonds is 3. The molecule has 0 radical (unpaired) electrons. The van der Waals surface area contributed by atoms with Gasteiger partial charge < -0.3 is 15.4 Å². The lowest BCUT2D eigenvalue weighted by atomic mass is 9.84. The molecule has 2 aromatic rings. The lowest BCUT2D eigenvalue weighted by Gasteiger charge is -2.36. The van der Waals surface area contributed by atoms with E-state index >= 15 is 0 Å². The number of carbonyl (C=O) groups excluding carboxylic acids is 1. The molecule has 0 spiro atoms. The molecule has 1 amide bonds. The molecule has 0 aliphatic carbocycles. The van der Waals surface area contributed by atoms with Crippen LogP contribution in [0.4, 0.5) is 17.6 Å². The first kappa shape index (κ1) is 22.1. The zero-order valence-electron chi connectivity index (χ0n) is 17.5. The summed E-state index contributed by atoms with van der Waals surface area (Å²) in [5.74, 6) is -0.847. The first-order chi connectivity index (χ1) is 15.0. The summed E-state index contributed by atoms with van der Waals surface area (Å²) in [4.78, 5) is 18.6. The molecule has 0 aromatic heterocycles. The number of amides is 1. The van der Waals surface area contributed by atoms with E-state index in [1.165, 1.54) is 24.6 Å². The average Bonchev–Trinajstić information content (AvgIpc) is 2.73. The van der Waals surface area contributed by atoms with Crippen LogP contribution < -0.4 is 5.73 Å². The van der Waals surface area contributed by atoms with Crippen LogP contribution in [-0.4, -0.2) is 35.7 Å². The summed E-state index contributed by atoms with van der Waals surface area (Å²) in [6, 6.07) is 11.3. The summed E-state index contributed by atoms with van der Waals surface area (Å²) in [6.07, 6.45) is -6.72. The Morgan fingerprint density at radius 1 is 1.25 bits per heavy atom. The standard InChI is InChI=1S/C23H23F4N3O2/c1-22(12-19(23(25,26)27)32-21(28)29-22)17-10-14(6-7-18(17)24)11-20(31)30-9-8-15-4-2-3-5-16(15)13-30/h2-7,10,19H,8-9,11-13H2,1H3,(H2,28,29)/t19-,22-/m0/s1. The van der Waals surface area contributed by atoms with Gasteiger partial charge in [0.05, 0.1) is 12.0 Å². The largest absolute Gasteiger partial charge is 0.452 e. The third-order valence-electron chi connectivity index (χ3n) is 6.02. The van der Waals surface area contributed by atoms with Crippen LogP contribution in [0.2, 0.25) is 0 Å². The second-order valence-corrected chi connectivity index (χ2v) is 8.40. The number of benzene rings is 2. The van der Waals surface area contributed by atoms with Gasteiger partial charge in [0.1, 0.15) is 5.82 Å². The summed E-state index contributed by atoms with van der Waals surface area (Å²) in [5, 5.41) is 0. The average molecular weight is 449 g/mol. The highest BCUT2D eigenvalue weighted by Gasteiger charge is 2.50. The van der Waals surface area contributed by atoms with Gasteiger partial charge in [0.15, 0.2) is 6.10 Å². The molecule has 0 saturated heterocycles. The number of hydrogen-bond donors (Lipinski definition) is 1. The topological polar surface area (TPSA) is 67.9 Å². The third-order valence-corrected chi connectivity index (χ3v) is 6.02. The van der Waals surface area contributed by atoms with Crippen LogP contribution in [-0.2, 0) is 34.5 Å². The predicted molar refractivity (Wildman–Crippen MR) is 110 cm³/mol. The van der Waals surface area contributed by atoms with Crippen molar-refractivity contribution in [2.75, 3.05) is 6.54 Å². The molecule has 2 aromatic carbocycles. The van der Waals surface area contributed by atoms with Gasteiger partial charge >= 0.3 is 6.18 Å². The Bertz CT molecular complexity index is 1070. The monoisotopic (exact) mass is 449 g/mol. The van der Waals surface area contributed by atoms with Crippen molar-refractivity contribution in [3.8, 4) is 0 Å². The molecule has 0 unspecified atom stereocenters. The van der Waals surface area contributed by atoms with Crippen molar-refractivity contribution >= 4 is 11.9 Å². The molecule has 170 valence electrons. The molecule has 4 rings (SSSR count). The minimum absolute atomic E-state index is 0.00389. The lowest BCUT2D eigenvalue weighted by molar-refractivity contribution is -0.208. The zero-order valence-corrected chi connectivity index (χ0v) is 17.5. The van der Waals surface area contributed by atoms with Gasteiger partial charge in [0, 0.05) is 25.1 Å². The lowest BCUT2D eigenvalue weighted by Crippen LogP contribution is -2.46. The van der Waals surface area contributed by atoms with Gasteiger partial charge in [-0.05, 0) is 42.2 Å². The Kier molecular flexibility index (Phi) is 5.60. The van der Waals surface area contributed by atoms with Crippen molar-refractivity contribution in [1.82, 2.24) is 4.90 Å². The Hall–Kier alpha value is -3.10. The molecule has 2 atom stereocenters. The number of amidine groups is 1. The van der Waals surface area contributed by atoms with Gasteiger partial charge in [0.25, 0.3) is 6.02 Å². The number of alkyl halides is 3. The summed E-state index contributed by atoms with van der Waals surface area (Å²) in [6.45, 7) is 2.45. The van der Waals surface area contributed by atoms with Gasteiger partial charge in [-0.25, -0.2) is 9.38 Å². The van der Waals surface area contributed by atoms with Crippen molar-refractivity contribution < 1.29 is 27.1 Å². The van der Waals surface area contributed by atoms with Gasteiger partial charge in [-0.2, -0.15) is 13.2 Å². The van der Waals surface area contributed by atoms with Gasteiger partial charge in [0.2, 0.25) is 5.91 Å². The van der Waals surface area contributed by atoms with Gasteiger partial charge in [-0.15, -0.1) is 0 Å². The van der Waals surface area contributed by atoms with Crippen LogP contribution in [0, 0.1) is 5.82 Å². The summed E-state index contributed by atoms with van der Waals surface area (Å²) < 4.78 is 59.1. The van der Waals surface area contributed by atoms with Crippen molar-refractivity contribution in [3.63, 3.8) is 0 Å². The highest BCUT2D eigenvalue weighted by Crippen LogP contribution is 2.41. The number of halogens is 4. The number of nitrogens with two attached hydrogens (primary N) is 1. The number of ether oxygens (including phenoxy) is 1. The van der Waals surface area contributed by atoms with E-state index in [0.717, 1.165) is 18.1 Å². The maximum atomic E-state index is 14.7. The molecule has 2 aliphatic heterocycles. The van der Waals surface area contributed by atoms with E-state index in [0.29, 0.717) is 18.7 Å². The fourth-order valence-electron chi connectivity index (χ4n) is 4.31. The Morgan fingerprint density at radius 2 is 1.97 bits per heavy atom. The highest BCUT2D eigenvalue weighted by atomic mass is 19.4. The van der Waals surface area contributed by atoms with Crippen molar-refractivity contribution in [2.24, 2.45) is 10.7 Å². The van der Waals surface area contributed by atoms with E-state index in [1.54, 1.807) is 4.90 Å². The van der Waals surface area contributed by atoms with Crippen molar-refractivity contribution in [2.45, 2.75) is 50.6 Å². The normalized spacial score (nSPS) is 23.2. The van der Waals surface area contributed by atoms with Crippen LogP contribution >= 0.6 is 0 Å². The van der Waals surface area contributed by atoms with Crippen LogP contribution in [0.3, 0.4) is 0 Å². The third kappa shape index (κ3) is 4.42. The molecule has 2 heterocycles. The molecule has 2 aliphatic rings. The first-order valence-electron chi connectivity index (χ1n) is 10.3. The van der Waals surface area contributed by atoms with Gasteiger partial charge in [-0.1, -0.05) is 30.3 Å². The Labute approximate surface area is 182 Å².